The minimum Gasteiger partial charge on any atom is -0.494 e. The van der Waals surface area contributed by atoms with Crippen LogP contribution in [0.2, 0.25) is 0 Å². The first kappa shape index (κ1) is 13.1. The lowest BCUT2D eigenvalue weighted by atomic mass is 10.2. The van der Waals surface area contributed by atoms with Crippen LogP contribution in [0.4, 0.5) is 0 Å². The van der Waals surface area contributed by atoms with E-state index < -0.39 is 0 Å². The molecule has 0 amide bonds. The summed E-state index contributed by atoms with van der Waals surface area (Å²) < 4.78 is 11.4. The van der Waals surface area contributed by atoms with E-state index in [2.05, 4.69) is 15.0 Å². The van der Waals surface area contributed by atoms with Gasteiger partial charge in [0.15, 0.2) is 0 Å². The second-order valence-corrected chi connectivity index (χ2v) is 3.83. The Morgan fingerprint density at radius 2 is 2.05 bits per heavy atom. The lowest BCUT2D eigenvalue weighted by molar-refractivity contribution is -0.141. The molecule has 19 heavy (non-hydrogen) atoms. The monoisotopic (exact) mass is 261 g/mol. The number of benzene rings is 1. The van der Waals surface area contributed by atoms with Gasteiger partial charge < -0.3 is 9.47 Å². The summed E-state index contributed by atoms with van der Waals surface area (Å²) in [4.78, 5) is 11.1. The zero-order valence-electron chi connectivity index (χ0n) is 10.9. The van der Waals surface area contributed by atoms with Crippen LogP contribution >= 0.6 is 0 Å². The van der Waals surface area contributed by atoms with E-state index >= 15 is 0 Å². The summed E-state index contributed by atoms with van der Waals surface area (Å²) in [6, 6.07) is 7.55. The Morgan fingerprint density at radius 1 is 1.32 bits per heavy atom. The topological polar surface area (TPSA) is 66.2 Å². The number of carbonyl (C=O) groups excluding carboxylic acids is 1. The third-order valence-electron chi connectivity index (χ3n) is 2.52. The Morgan fingerprint density at radius 3 is 2.68 bits per heavy atom. The Hall–Kier alpha value is -2.37. The maximum absolute atomic E-state index is 11.1. The van der Waals surface area contributed by atoms with Crippen LogP contribution in [-0.2, 0) is 16.1 Å². The number of esters is 1. The number of rotatable bonds is 5. The first-order valence-electron chi connectivity index (χ1n) is 5.93. The van der Waals surface area contributed by atoms with E-state index in [9.17, 15) is 4.79 Å². The van der Waals surface area contributed by atoms with Crippen molar-refractivity contribution in [3.05, 3.63) is 30.5 Å². The molecule has 0 saturated heterocycles. The molecule has 1 aromatic carbocycles. The molecule has 6 nitrogen and oxygen atoms in total. The number of nitrogens with zero attached hydrogens (tertiary/aromatic N) is 3. The van der Waals surface area contributed by atoms with E-state index in [1.54, 1.807) is 6.20 Å². The van der Waals surface area contributed by atoms with Crippen molar-refractivity contribution in [3.63, 3.8) is 0 Å². The van der Waals surface area contributed by atoms with Crippen molar-refractivity contribution in [3.8, 4) is 17.0 Å². The van der Waals surface area contributed by atoms with Gasteiger partial charge in [-0.1, -0.05) is 5.21 Å². The number of hydrogen-bond donors (Lipinski definition) is 0. The van der Waals surface area contributed by atoms with Gasteiger partial charge in [-0.3, -0.25) is 4.79 Å². The van der Waals surface area contributed by atoms with Crippen LogP contribution < -0.4 is 4.74 Å². The third kappa shape index (κ3) is 3.31. The van der Waals surface area contributed by atoms with Gasteiger partial charge in [-0.25, -0.2) is 4.68 Å². The maximum Gasteiger partial charge on any atom is 0.327 e. The van der Waals surface area contributed by atoms with Crippen LogP contribution in [-0.4, -0.2) is 34.7 Å². The number of carbonyl (C=O) groups is 1. The fourth-order valence-corrected chi connectivity index (χ4v) is 1.59. The SMILES string of the molecule is CCOc1ccc(-c2cn(CC(=O)OC)nn2)cc1. The van der Waals surface area contributed by atoms with Crippen LogP contribution in [0, 0.1) is 0 Å². The first-order valence-corrected chi connectivity index (χ1v) is 5.93. The summed E-state index contributed by atoms with van der Waals surface area (Å²) in [6.07, 6.45) is 1.70. The summed E-state index contributed by atoms with van der Waals surface area (Å²) in [6.45, 7) is 2.63. The van der Waals surface area contributed by atoms with Crippen molar-refractivity contribution in [2.24, 2.45) is 0 Å². The molecule has 6 heteroatoms. The van der Waals surface area contributed by atoms with Crippen LogP contribution in [0.15, 0.2) is 30.5 Å². The molecule has 1 heterocycles. The Labute approximate surface area is 110 Å². The molecule has 0 aliphatic heterocycles. The highest BCUT2D eigenvalue weighted by Gasteiger charge is 2.07. The highest BCUT2D eigenvalue weighted by atomic mass is 16.5. The lowest BCUT2D eigenvalue weighted by Gasteiger charge is -2.02. The minimum absolute atomic E-state index is 0.0561. The predicted molar refractivity (Wildman–Crippen MR) is 68.6 cm³/mol. The third-order valence-corrected chi connectivity index (χ3v) is 2.52. The minimum atomic E-state index is -0.358. The number of methoxy groups -OCH3 is 1. The molecule has 2 aromatic rings. The van der Waals surface area contributed by atoms with E-state index in [4.69, 9.17) is 4.74 Å². The highest BCUT2D eigenvalue weighted by Crippen LogP contribution is 2.20. The second kappa shape index (κ2) is 5.99. The smallest absolute Gasteiger partial charge is 0.327 e. The molecule has 1 aromatic heterocycles. The van der Waals surface area contributed by atoms with Crippen LogP contribution in [0.3, 0.4) is 0 Å². The number of ether oxygens (including phenoxy) is 2. The summed E-state index contributed by atoms with van der Waals surface area (Å²) in [7, 11) is 1.34. The van der Waals surface area contributed by atoms with Gasteiger partial charge in [0, 0.05) is 5.56 Å². The molecule has 0 unspecified atom stereocenters. The molecule has 0 aliphatic carbocycles. The quantitative estimate of drug-likeness (QED) is 0.763. The number of aromatic nitrogens is 3. The lowest BCUT2D eigenvalue weighted by Crippen LogP contribution is -2.11. The Kier molecular flexibility index (Phi) is 4.12. The van der Waals surface area contributed by atoms with Gasteiger partial charge in [0.1, 0.15) is 18.0 Å². The van der Waals surface area contributed by atoms with Crippen molar-refractivity contribution < 1.29 is 14.3 Å². The highest BCUT2D eigenvalue weighted by molar-refractivity contribution is 5.69. The van der Waals surface area contributed by atoms with Gasteiger partial charge in [0.2, 0.25) is 0 Å². The zero-order chi connectivity index (χ0) is 13.7. The van der Waals surface area contributed by atoms with Crippen molar-refractivity contribution in [2.75, 3.05) is 13.7 Å². The van der Waals surface area contributed by atoms with Gasteiger partial charge in [0.05, 0.1) is 19.9 Å². The van der Waals surface area contributed by atoms with Crippen molar-refractivity contribution >= 4 is 5.97 Å². The maximum atomic E-state index is 11.1. The van der Waals surface area contributed by atoms with Gasteiger partial charge in [-0.2, -0.15) is 0 Å². The molecule has 0 bridgehead atoms. The van der Waals surface area contributed by atoms with Gasteiger partial charge in [-0.05, 0) is 31.2 Å². The molecule has 0 saturated carbocycles. The average Bonchev–Trinajstić information content (AvgIpc) is 2.88. The molecule has 100 valence electrons. The fourth-order valence-electron chi connectivity index (χ4n) is 1.59. The van der Waals surface area contributed by atoms with Gasteiger partial charge in [-0.15, -0.1) is 5.10 Å². The summed E-state index contributed by atoms with van der Waals surface area (Å²) in [5.74, 6) is 0.455. The van der Waals surface area contributed by atoms with Gasteiger partial charge in [0.25, 0.3) is 0 Å². The average molecular weight is 261 g/mol. The molecular weight excluding hydrogens is 246 g/mol. The summed E-state index contributed by atoms with van der Waals surface area (Å²) >= 11 is 0. The molecular formula is C13H15N3O3. The normalized spacial score (nSPS) is 10.2. The van der Waals surface area contributed by atoms with E-state index in [1.165, 1.54) is 11.8 Å². The van der Waals surface area contributed by atoms with Crippen molar-refractivity contribution in [1.29, 1.82) is 0 Å². The van der Waals surface area contributed by atoms with Crippen molar-refractivity contribution in [2.45, 2.75) is 13.5 Å². The molecule has 0 N–H and O–H groups in total. The van der Waals surface area contributed by atoms with E-state index in [0.29, 0.717) is 12.3 Å². The summed E-state index contributed by atoms with van der Waals surface area (Å²) in [5.41, 5.74) is 1.62. The Bertz CT molecular complexity index is 549. The molecule has 0 fully saturated rings. The standard InChI is InChI=1S/C13H15N3O3/c1-3-19-11-6-4-10(5-7-11)12-8-16(15-14-12)9-13(17)18-2/h4-8H,3,9H2,1-2H3. The fraction of sp³-hybridized carbons (Fsp3) is 0.308. The molecule has 0 spiro atoms. The van der Waals surface area contributed by atoms with Crippen molar-refractivity contribution in [1.82, 2.24) is 15.0 Å². The van der Waals surface area contributed by atoms with Crippen LogP contribution in [0.25, 0.3) is 11.3 Å². The molecule has 0 atom stereocenters. The Balaban J connectivity index is 2.11. The molecule has 0 aliphatic rings. The van der Waals surface area contributed by atoms with E-state index in [0.717, 1.165) is 11.3 Å². The molecule has 2 rings (SSSR count). The largest absolute Gasteiger partial charge is 0.494 e. The van der Waals surface area contributed by atoms with E-state index in [1.807, 2.05) is 31.2 Å². The zero-order valence-corrected chi connectivity index (χ0v) is 10.9. The molecule has 0 radical (unpaired) electrons. The first-order chi connectivity index (χ1) is 9.22. The number of hydrogen-bond acceptors (Lipinski definition) is 5. The van der Waals surface area contributed by atoms with E-state index in [-0.39, 0.29) is 12.5 Å². The van der Waals surface area contributed by atoms with Crippen LogP contribution in [0.5, 0.6) is 5.75 Å². The van der Waals surface area contributed by atoms with Gasteiger partial charge >= 0.3 is 5.97 Å². The summed E-state index contributed by atoms with van der Waals surface area (Å²) in [5, 5.41) is 7.89. The second-order valence-electron chi connectivity index (χ2n) is 3.83. The predicted octanol–water partition coefficient (Wildman–Crippen LogP) is 1.52. The van der Waals surface area contributed by atoms with Crippen LogP contribution in [0.1, 0.15) is 6.92 Å².